The van der Waals surface area contributed by atoms with Gasteiger partial charge in [-0.05, 0) is 101 Å². The van der Waals surface area contributed by atoms with E-state index in [1.165, 1.54) is 6.92 Å². The minimum Gasteiger partial charge on any atom is -0.481 e. The number of allylic oxidation sites excluding steroid dienone is 1. The second-order valence-corrected chi connectivity index (χ2v) is 17.9. The van der Waals surface area contributed by atoms with Gasteiger partial charge >= 0.3 is 23.9 Å². The molecule has 14 heteroatoms. The van der Waals surface area contributed by atoms with Crippen molar-refractivity contribution in [3.8, 4) is 12.8 Å². The zero-order valence-corrected chi connectivity index (χ0v) is 37.5. The van der Waals surface area contributed by atoms with Gasteiger partial charge in [-0.3, -0.25) is 19.2 Å². The Balaban J connectivity index is 0.000000320. The monoisotopic (exact) mass is 862 g/mol. The molecule has 1 saturated heterocycles. The summed E-state index contributed by atoms with van der Waals surface area (Å²) in [5.74, 6) is -1.83. The average molecular weight is 863 g/mol. The van der Waals surface area contributed by atoms with Crippen molar-refractivity contribution in [1.29, 1.82) is 0 Å². The predicted octanol–water partition coefficient (Wildman–Crippen LogP) is 6.93. The summed E-state index contributed by atoms with van der Waals surface area (Å²) < 4.78 is 11.6. The Labute approximate surface area is 365 Å². The number of terminal acetylenes is 1. The van der Waals surface area contributed by atoms with Crippen LogP contribution in [0, 0.1) is 47.3 Å². The number of ether oxygens (including phenoxy) is 2. The highest BCUT2D eigenvalue weighted by Crippen LogP contribution is 2.75. The summed E-state index contributed by atoms with van der Waals surface area (Å²) in [5, 5.41) is 38.6. The Hall–Kier alpha value is -5.52. The third-order valence-electron chi connectivity index (χ3n) is 12.4. The van der Waals surface area contributed by atoms with Gasteiger partial charge in [0.1, 0.15) is 0 Å². The van der Waals surface area contributed by atoms with Crippen molar-refractivity contribution in [2.24, 2.45) is 40.2 Å². The standard InChI is InChI=1S/C23H32O5.C9H10O2.C7H6O2.C5H12N2O.C2H4O2.C2H2/c1-11-6-7-22(26)9-16-14-10-27-17(14)8-15-12(2)23(15,16)20(25)19(28-13(3)24)18(11)21(22,4)5;10-9(11)7-6-8-4-2-1-3-5-8;8-7(9)6-4-2-1-3-5-6;1-5(2,3)7-4(6)8;1-2(3)4;1-2/h12,14-17,19,26H,6-10H2,1-5H3;1-5H,6-7H2,(H,10,11);1-5H,(H,8,9);1-3H3,(H3,6,7,8);1H3,(H,3,4);1-2H/t12-,14-,15?,16?,17+,19+,22+,23+;;;;;/m0...../s1. The molecule has 7 N–H and O–H groups in total. The van der Waals surface area contributed by atoms with Crippen molar-refractivity contribution >= 4 is 35.7 Å². The number of aryl methyl sites for hydroxylation is 1. The number of carboxylic acids is 3. The third-order valence-corrected chi connectivity index (χ3v) is 12.4. The number of primary amides is 1. The van der Waals surface area contributed by atoms with E-state index in [2.05, 4.69) is 25.1 Å². The van der Waals surface area contributed by atoms with Gasteiger partial charge in [0.05, 0.1) is 23.9 Å². The number of nitrogens with one attached hydrogen (secondary N) is 1. The van der Waals surface area contributed by atoms with Gasteiger partial charge in [0.2, 0.25) is 0 Å². The van der Waals surface area contributed by atoms with E-state index in [9.17, 15) is 29.1 Å². The van der Waals surface area contributed by atoms with Gasteiger partial charge in [-0.15, -0.1) is 12.8 Å². The fourth-order valence-corrected chi connectivity index (χ4v) is 9.55. The van der Waals surface area contributed by atoms with Crippen LogP contribution in [0.25, 0.3) is 0 Å². The Morgan fingerprint density at radius 3 is 1.87 bits per heavy atom. The number of hydrogen-bond acceptors (Lipinski definition) is 9. The van der Waals surface area contributed by atoms with E-state index >= 15 is 0 Å². The maximum Gasteiger partial charge on any atom is 0.335 e. The summed E-state index contributed by atoms with van der Waals surface area (Å²) in [6.45, 7) is 17.0. The second kappa shape index (κ2) is 22.0. The summed E-state index contributed by atoms with van der Waals surface area (Å²) in [5.41, 5.74) is 5.99. The molecule has 4 aliphatic carbocycles. The number of carbonyl (C=O) groups excluding carboxylic acids is 3. The van der Waals surface area contributed by atoms with Gasteiger partial charge in [-0.1, -0.05) is 74.9 Å². The van der Waals surface area contributed by atoms with E-state index in [4.69, 9.17) is 35.3 Å². The fourth-order valence-electron chi connectivity index (χ4n) is 9.55. The van der Waals surface area contributed by atoms with Crippen LogP contribution in [0.2, 0.25) is 0 Å². The number of benzene rings is 2. The minimum absolute atomic E-state index is 0.0851. The molecule has 1 heterocycles. The molecular formula is C48H66N2O12. The van der Waals surface area contributed by atoms with Gasteiger partial charge < -0.3 is 41.0 Å². The van der Waals surface area contributed by atoms with Crippen LogP contribution in [0.5, 0.6) is 0 Å². The molecule has 2 unspecified atom stereocenters. The molecule has 14 nitrogen and oxygen atoms in total. The van der Waals surface area contributed by atoms with Crippen molar-refractivity contribution in [3.05, 3.63) is 82.9 Å². The number of carbonyl (C=O) groups is 6. The molecule has 0 radical (unpaired) electrons. The normalized spacial score (nSPS) is 27.8. The van der Waals surface area contributed by atoms with Crippen molar-refractivity contribution in [2.75, 3.05) is 6.61 Å². The average Bonchev–Trinajstić information content (AvgIpc) is 3.77. The first-order valence-electron chi connectivity index (χ1n) is 20.7. The molecule has 2 amide bonds. The number of rotatable bonds is 5. The molecule has 340 valence electrons. The zero-order valence-electron chi connectivity index (χ0n) is 37.5. The van der Waals surface area contributed by atoms with Crippen LogP contribution >= 0.6 is 0 Å². The van der Waals surface area contributed by atoms with Crippen LogP contribution in [0.15, 0.2) is 71.8 Å². The number of Topliss-reactive ketones (excluding diaryl/α,β-unsaturated/α-hetero) is 1. The molecule has 8 atom stereocenters. The Bertz CT molecular complexity index is 1930. The highest BCUT2D eigenvalue weighted by molar-refractivity contribution is 5.97. The van der Waals surface area contributed by atoms with Crippen molar-refractivity contribution in [1.82, 2.24) is 5.32 Å². The lowest BCUT2D eigenvalue weighted by Gasteiger charge is -2.58. The van der Waals surface area contributed by atoms with Crippen LogP contribution in [-0.4, -0.2) is 86.1 Å². The molecule has 0 aromatic heterocycles. The molecule has 7 rings (SSSR count). The van der Waals surface area contributed by atoms with Crippen LogP contribution in [0.1, 0.15) is 110 Å². The number of aliphatic hydroxyl groups is 1. The van der Waals surface area contributed by atoms with Crippen LogP contribution in [-0.2, 0) is 35.1 Å². The van der Waals surface area contributed by atoms with E-state index in [0.29, 0.717) is 37.4 Å². The number of urea groups is 1. The first-order chi connectivity index (χ1) is 28.8. The van der Waals surface area contributed by atoms with Crippen LogP contribution in [0.4, 0.5) is 4.79 Å². The highest BCUT2D eigenvalue weighted by atomic mass is 16.5. The summed E-state index contributed by atoms with van der Waals surface area (Å²) in [6, 6.07) is 17.4. The number of aliphatic carboxylic acids is 2. The number of nitrogens with two attached hydrogens (primary N) is 1. The quantitative estimate of drug-likeness (QED) is 0.102. The molecule has 1 spiro atoms. The van der Waals surface area contributed by atoms with Gasteiger partial charge in [0.15, 0.2) is 11.9 Å². The Morgan fingerprint density at radius 2 is 1.47 bits per heavy atom. The first-order valence-corrected chi connectivity index (χ1v) is 20.7. The van der Waals surface area contributed by atoms with E-state index < -0.39 is 52.4 Å². The number of ketones is 1. The SMILES string of the molecule is C#C.CC(=O)O.CC(=O)O[C@H]1C(=O)[C@@]23C(C[C@]4(O)CCC(C)=C1C4(C)C)[C@@H]1CO[C@@H]1CC2[C@@H]3C.CC(C)(C)NC(N)=O.O=C(O)CCc1ccccc1.O=C(O)c1ccccc1. The topological polar surface area (TPSA) is 240 Å². The number of amides is 2. The lowest BCUT2D eigenvalue weighted by Crippen LogP contribution is -2.62. The number of esters is 1. The van der Waals surface area contributed by atoms with Gasteiger partial charge in [0.25, 0.3) is 5.97 Å². The van der Waals surface area contributed by atoms with Crippen LogP contribution < -0.4 is 11.1 Å². The summed E-state index contributed by atoms with van der Waals surface area (Å²) in [4.78, 5) is 65.6. The molecular weight excluding hydrogens is 797 g/mol. The van der Waals surface area contributed by atoms with Crippen LogP contribution in [0.3, 0.4) is 0 Å². The predicted molar refractivity (Wildman–Crippen MR) is 234 cm³/mol. The molecule has 2 aromatic carbocycles. The lowest BCUT2D eigenvalue weighted by molar-refractivity contribution is -0.204. The minimum atomic E-state index is -0.900. The van der Waals surface area contributed by atoms with E-state index in [0.717, 1.165) is 36.5 Å². The molecule has 2 aromatic rings. The van der Waals surface area contributed by atoms with E-state index in [1.54, 1.807) is 30.3 Å². The maximum atomic E-state index is 14.1. The maximum absolute atomic E-state index is 14.1. The third kappa shape index (κ3) is 13.0. The highest BCUT2D eigenvalue weighted by Gasteiger charge is 2.78. The molecule has 2 bridgehead atoms. The first kappa shape index (κ1) is 52.6. The molecule has 62 heavy (non-hydrogen) atoms. The summed E-state index contributed by atoms with van der Waals surface area (Å²) in [6.07, 6.45) is 11.2. The zero-order chi connectivity index (χ0) is 47.4. The van der Waals surface area contributed by atoms with E-state index in [-0.39, 0.29) is 41.6 Å². The smallest absolute Gasteiger partial charge is 0.335 e. The van der Waals surface area contributed by atoms with E-state index in [1.807, 2.05) is 71.9 Å². The molecule has 5 aliphatic rings. The molecule has 1 aliphatic heterocycles. The molecule has 3 saturated carbocycles. The number of hydrogen-bond donors (Lipinski definition) is 6. The molecule has 4 fully saturated rings. The van der Waals surface area contributed by atoms with Crippen molar-refractivity contribution in [2.45, 2.75) is 124 Å². The Morgan fingerprint density at radius 1 is 0.935 bits per heavy atom. The summed E-state index contributed by atoms with van der Waals surface area (Å²) in [7, 11) is 0. The van der Waals surface area contributed by atoms with Gasteiger partial charge in [-0.25, -0.2) is 9.59 Å². The van der Waals surface area contributed by atoms with Crippen molar-refractivity contribution < 1.29 is 58.7 Å². The number of carboxylic acid groups (broad SMARTS) is 3. The second-order valence-electron chi connectivity index (χ2n) is 17.9. The largest absolute Gasteiger partial charge is 0.481 e. The fraction of sp³-hybridized carbons (Fsp3) is 0.542. The number of aromatic carboxylic acids is 1. The van der Waals surface area contributed by atoms with Gasteiger partial charge in [0, 0.05) is 42.6 Å². The Kier molecular flexibility index (Phi) is 18.7. The van der Waals surface area contributed by atoms with Gasteiger partial charge in [-0.2, -0.15) is 0 Å². The lowest BCUT2D eigenvalue weighted by atomic mass is 9.51. The summed E-state index contributed by atoms with van der Waals surface area (Å²) >= 11 is 0. The van der Waals surface area contributed by atoms with Crippen molar-refractivity contribution in [3.63, 3.8) is 0 Å². The number of fused-ring (bicyclic) bond motifs is 4.